The molecule has 0 bridgehead atoms. The van der Waals surface area contributed by atoms with Gasteiger partial charge in [0, 0.05) is 12.1 Å². The van der Waals surface area contributed by atoms with E-state index in [2.05, 4.69) is 0 Å². The largest absolute Gasteiger partial charge is 0.506 e. The van der Waals surface area contributed by atoms with E-state index >= 15 is 0 Å². The second-order valence-electron chi connectivity index (χ2n) is 4.46. The minimum Gasteiger partial charge on any atom is -0.506 e. The summed E-state index contributed by atoms with van der Waals surface area (Å²) in [7, 11) is 0. The summed E-state index contributed by atoms with van der Waals surface area (Å²) in [6.07, 6.45) is -4.61. The van der Waals surface area contributed by atoms with E-state index in [4.69, 9.17) is 28.9 Å². The molecule has 21 heavy (non-hydrogen) atoms. The van der Waals surface area contributed by atoms with Gasteiger partial charge in [-0.05, 0) is 29.3 Å². The number of benzene rings is 2. The third-order valence-corrected chi connectivity index (χ3v) is 3.68. The van der Waals surface area contributed by atoms with Crippen LogP contribution in [-0.4, -0.2) is 5.11 Å². The molecule has 0 aliphatic carbocycles. The number of phenolic OH excluding ortho intramolecular Hbond substituents is 1. The molecule has 112 valence electrons. The van der Waals surface area contributed by atoms with Gasteiger partial charge in [0.15, 0.2) is 0 Å². The first kappa shape index (κ1) is 15.8. The second-order valence-corrected chi connectivity index (χ2v) is 5.25. The molecule has 0 amide bonds. The van der Waals surface area contributed by atoms with Crippen LogP contribution in [0.4, 0.5) is 18.9 Å². The van der Waals surface area contributed by atoms with Crippen LogP contribution >= 0.6 is 23.2 Å². The van der Waals surface area contributed by atoms with Gasteiger partial charge in [-0.1, -0.05) is 35.3 Å². The zero-order valence-electron chi connectivity index (χ0n) is 10.5. The van der Waals surface area contributed by atoms with Crippen molar-refractivity contribution in [2.24, 2.45) is 0 Å². The van der Waals surface area contributed by atoms with Crippen molar-refractivity contribution in [2.75, 3.05) is 5.73 Å². The topological polar surface area (TPSA) is 46.2 Å². The monoisotopic (exact) mass is 335 g/mol. The number of aromatic hydroxyl groups is 1. The first-order valence-corrected chi connectivity index (χ1v) is 6.57. The van der Waals surface area contributed by atoms with Crippen LogP contribution in [0.5, 0.6) is 5.75 Å². The molecule has 2 rings (SSSR count). The first-order chi connectivity index (χ1) is 9.70. The highest BCUT2D eigenvalue weighted by molar-refractivity contribution is 6.32. The van der Waals surface area contributed by atoms with Crippen molar-refractivity contribution in [3.63, 3.8) is 0 Å². The smallest absolute Gasteiger partial charge is 0.417 e. The Morgan fingerprint density at radius 2 is 1.76 bits per heavy atom. The Kier molecular flexibility index (Phi) is 4.25. The minimum absolute atomic E-state index is 0.0145. The molecule has 7 heteroatoms. The molecule has 2 aromatic rings. The highest BCUT2D eigenvalue weighted by Crippen LogP contribution is 2.39. The molecule has 2 nitrogen and oxygen atoms in total. The Balaban J connectivity index is 2.50. The predicted molar refractivity (Wildman–Crippen MR) is 76.8 cm³/mol. The Morgan fingerprint density at radius 3 is 2.38 bits per heavy atom. The minimum atomic E-state index is -4.60. The summed E-state index contributed by atoms with van der Waals surface area (Å²) < 4.78 is 38.6. The van der Waals surface area contributed by atoms with Crippen molar-refractivity contribution in [2.45, 2.75) is 12.6 Å². The quantitative estimate of drug-likeness (QED) is 0.767. The van der Waals surface area contributed by atoms with Gasteiger partial charge in [-0.3, -0.25) is 0 Å². The Labute approximate surface area is 128 Å². The van der Waals surface area contributed by atoms with Crippen LogP contribution in [0.25, 0.3) is 0 Å². The summed E-state index contributed by atoms with van der Waals surface area (Å²) in [5, 5.41) is 9.50. The Hall–Kier alpha value is -1.59. The molecule has 0 aromatic heterocycles. The van der Waals surface area contributed by atoms with Gasteiger partial charge in [-0.2, -0.15) is 13.2 Å². The van der Waals surface area contributed by atoms with Crippen LogP contribution in [0.15, 0.2) is 30.3 Å². The van der Waals surface area contributed by atoms with E-state index in [0.717, 1.165) is 6.07 Å². The van der Waals surface area contributed by atoms with Crippen LogP contribution in [0.3, 0.4) is 0 Å². The molecule has 0 spiro atoms. The molecular weight excluding hydrogens is 326 g/mol. The van der Waals surface area contributed by atoms with Gasteiger partial charge in [-0.25, -0.2) is 0 Å². The zero-order chi connectivity index (χ0) is 15.8. The van der Waals surface area contributed by atoms with Gasteiger partial charge < -0.3 is 10.8 Å². The van der Waals surface area contributed by atoms with E-state index < -0.39 is 16.8 Å². The summed E-state index contributed by atoms with van der Waals surface area (Å²) in [6.45, 7) is 0. The average Bonchev–Trinajstić information content (AvgIpc) is 2.37. The third kappa shape index (κ3) is 3.36. The first-order valence-electron chi connectivity index (χ1n) is 5.81. The van der Waals surface area contributed by atoms with Gasteiger partial charge in [-0.15, -0.1) is 0 Å². The highest BCUT2D eigenvalue weighted by Gasteiger charge is 2.34. The Morgan fingerprint density at radius 1 is 1.10 bits per heavy atom. The lowest BCUT2D eigenvalue weighted by Crippen LogP contribution is -2.09. The van der Waals surface area contributed by atoms with Gasteiger partial charge in [0.25, 0.3) is 0 Å². The summed E-state index contributed by atoms with van der Waals surface area (Å²) in [5.74, 6) is -0.189. The van der Waals surface area contributed by atoms with Gasteiger partial charge in [0.05, 0.1) is 15.6 Å². The summed E-state index contributed by atoms with van der Waals surface area (Å²) in [6, 6.07) is 6.74. The van der Waals surface area contributed by atoms with Crippen molar-refractivity contribution in [1.82, 2.24) is 0 Å². The number of rotatable bonds is 2. The Bertz CT molecular complexity index is 687. The highest BCUT2D eigenvalue weighted by atomic mass is 35.5. The SMILES string of the molecule is Nc1cc(Cc2cccc(Cl)c2O)c(Cl)c(C(F)(F)F)c1. The van der Waals surface area contributed by atoms with Crippen LogP contribution in [-0.2, 0) is 12.6 Å². The maximum Gasteiger partial charge on any atom is 0.417 e. The van der Waals surface area contributed by atoms with Crippen molar-refractivity contribution in [3.8, 4) is 5.75 Å². The van der Waals surface area contributed by atoms with E-state index in [1.54, 1.807) is 12.1 Å². The van der Waals surface area contributed by atoms with Crippen LogP contribution in [0, 0.1) is 0 Å². The maximum atomic E-state index is 12.9. The number of alkyl halides is 3. The fourth-order valence-corrected chi connectivity index (χ4v) is 2.43. The van der Waals surface area contributed by atoms with E-state index in [9.17, 15) is 18.3 Å². The lowest BCUT2D eigenvalue weighted by molar-refractivity contribution is -0.137. The number of hydrogen-bond acceptors (Lipinski definition) is 2. The van der Waals surface area contributed by atoms with Crippen LogP contribution < -0.4 is 5.73 Å². The van der Waals surface area contributed by atoms with E-state index in [1.165, 1.54) is 12.1 Å². The molecule has 0 unspecified atom stereocenters. The normalized spacial score (nSPS) is 11.7. The predicted octanol–water partition coefficient (Wildman–Crippen LogP) is 4.89. The molecule has 2 aromatic carbocycles. The van der Waals surface area contributed by atoms with Crippen molar-refractivity contribution in [3.05, 3.63) is 57.1 Å². The second kappa shape index (κ2) is 5.66. The molecule has 0 aliphatic rings. The average molecular weight is 336 g/mol. The van der Waals surface area contributed by atoms with Crippen molar-refractivity contribution >= 4 is 28.9 Å². The van der Waals surface area contributed by atoms with Crippen molar-refractivity contribution < 1.29 is 18.3 Å². The lowest BCUT2D eigenvalue weighted by Gasteiger charge is -2.14. The number of phenols is 1. The fraction of sp³-hybridized carbons (Fsp3) is 0.143. The number of para-hydroxylation sites is 1. The number of hydrogen-bond donors (Lipinski definition) is 2. The third-order valence-electron chi connectivity index (χ3n) is 2.93. The van der Waals surface area contributed by atoms with Crippen LogP contribution in [0.1, 0.15) is 16.7 Å². The molecule has 0 saturated carbocycles. The summed E-state index contributed by atoms with van der Waals surface area (Å²) >= 11 is 11.6. The van der Waals surface area contributed by atoms with Gasteiger partial charge in [0.2, 0.25) is 0 Å². The maximum absolute atomic E-state index is 12.9. The van der Waals surface area contributed by atoms with Crippen molar-refractivity contribution in [1.29, 1.82) is 0 Å². The molecule has 3 N–H and O–H groups in total. The number of nitrogen functional groups attached to an aromatic ring is 1. The van der Waals surface area contributed by atoms with E-state index in [0.29, 0.717) is 5.56 Å². The molecule has 0 saturated heterocycles. The molecule has 0 fully saturated rings. The summed E-state index contributed by atoms with van der Waals surface area (Å²) in [5.41, 5.74) is 4.98. The van der Waals surface area contributed by atoms with Crippen LogP contribution in [0.2, 0.25) is 10.0 Å². The number of nitrogens with two attached hydrogens (primary N) is 1. The molecule has 0 radical (unpaired) electrons. The summed E-state index contributed by atoms with van der Waals surface area (Å²) in [4.78, 5) is 0. The lowest BCUT2D eigenvalue weighted by atomic mass is 10.0. The molecular formula is C14H10Cl2F3NO. The fourth-order valence-electron chi connectivity index (χ4n) is 1.95. The number of anilines is 1. The van der Waals surface area contributed by atoms with E-state index in [-0.39, 0.29) is 28.4 Å². The molecule has 0 heterocycles. The number of halogens is 5. The standard InChI is InChI=1S/C14H10Cl2F3NO/c15-11-3-1-2-7(13(11)21)4-8-5-9(20)6-10(12(8)16)14(17,18)19/h1-3,5-6,21H,4,20H2. The van der Waals surface area contributed by atoms with Gasteiger partial charge >= 0.3 is 6.18 Å². The van der Waals surface area contributed by atoms with E-state index in [1.807, 2.05) is 0 Å². The zero-order valence-corrected chi connectivity index (χ0v) is 12.0. The molecule has 0 aliphatic heterocycles. The molecule has 0 atom stereocenters. The van der Waals surface area contributed by atoms with Gasteiger partial charge in [0.1, 0.15) is 5.75 Å².